The molecule has 3 N–H and O–H groups in total. The molecule has 0 bridgehead atoms. The number of allylic oxidation sites excluding steroid dienone is 4. The Morgan fingerprint density at radius 1 is 0.325 bits per heavy atom. The van der Waals surface area contributed by atoms with E-state index in [0.717, 1.165) is 44.9 Å². The maximum atomic E-state index is 12.5. The lowest BCUT2D eigenvalue weighted by Gasteiger charge is -2.22. The molecule has 0 saturated carbocycles. The van der Waals surface area contributed by atoms with Crippen molar-refractivity contribution >= 4 is 11.9 Å². The number of rotatable bonds is 72. The van der Waals surface area contributed by atoms with Crippen LogP contribution in [0.5, 0.6) is 0 Å². The van der Waals surface area contributed by atoms with Gasteiger partial charge in [-0.2, -0.15) is 0 Å². The van der Waals surface area contributed by atoms with Crippen molar-refractivity contribution in [3.05, 3.63) is 24.3 Å². The Balaban J connectivity index is 3.33. The van der Waals surface area contributed by atoms with Gasteiger partial charge in [0.2, 0.25) is 5.91 Å². The number of aliphatic hydroxyl groups excluding tert-OH is 2. The van der Waals surface area contributed by atoms with Gasteiger partial charge in [-0.3, -0.25) is 9.59 Å². The van der Waals surface area contributed by atoms with Gasteiger partial charge in [-0.15, -0.1) is 0 Å². The third-order valence-electron chi connectivity index (χ3n) is 18.0. The number of amides is 1. The molecule has 0 aromatic heterocycles. The predicted molar refractivity (Wildman–Crippen MR) is 366 cm³/mol. The van der Waals surface area contributed by atoms with Crippen molar-refractivity contribution in [1.82, 2.24) is 5.32 Å². The van der Waals surface area contributed by atoms with Crippen LogP contribution < -0.4 is 5.32 Å². The van der Waals surface area contributed by atoms with Crippen LogP contribution in [0.4, 0.5) is 0 Å². The molecule has 0 aromatic rings. The molecule has 0 heterocycles. The van der Waals surface area contributed by atoms with E-state index in [9.17, 15) is 19.8 Å². The van der Waals surface area contributed by atoms with Gasteiger partial charge in [-0.05, 0) is 77.0 Å². The number of unbranched alkanes of at least 4 members (excludes halogenated alkanes) is 57. The van der Waals surface area contributed by atoms with E-state index in [0.29, 0.717) is 25.9 Å². The molecular weight excluding hydrogens is 1020 g/mol. The minimum Gasteiger partial charge on any atom is -0.466 e. The highest BCUT2D eigenvalue weighted by Crippen LogP contribution is 2.19. The molecule has 0 saturated heterocycles. The van der Waals surface area contributed by atoms with Crippen LogP contribution >= 0.6 is 0 Å². The zero-order valence-corrected chi connectivity index (χ0v) is 56.5. The molecule has 0 aliphatic carbocycles. The van der Waals surface area contributed by atoms with E-state index < -0.39 is 12.1 Å². The summed E-state index contributed by atoms with van der Waals surface area (Å²) in [5, 5.41) is 23.4. The van der Waals surface area contributed by atoms with Gasteiger partial charge in [-0.25, -0.2) is 0 Å². The first-order valence-corrected chi connectivity index (χ1v) is 38.1. The Morgan fingerprint density at radius 2 is 0.566 bits per heavy atom. The number of aliphatic hydroxyl groups is 2. The summed E-state index contributed by atoms with van der Waals surface area (Å²) in [6.07, 6.45) is 92.6. The standard InChI is InChI=1S/C77H149NO5/c1-3-5-7-9-11-13-15-17-19-43-47-51-55-59-63-67-71-77(82)83-72-68-64-60-56-52-48-44-40-38-36-34-32-30-28-26-24-22-20-21-23-25-27-29-31-33-35-37-39-42-46-50-54-58-62-66-70-76(81)78-74(73-79)75(80)69-65-61-57-53-49-45-41-18-16-14-12-10-8-6-4-2/h19,22,24,43,74-75,79-80H,3-18,20-21,23,25-42,44-73H2,1-2H3,(H,78,81)/b24-22-,43-19-. The van der Waals surface area contributed by atoms with E-state index in [1.807, 2.05) is 0 Å². The highest BCUT2D eigenvalue weighted by Gasteiger charge is 2.20. The Hall–Kier alpha value is -1.66. The van der Waals surface area contributed by atoms with Crippen LogP contribution in [-0.4, -0.2) is 47.4 Å². The van der Waals surface area contributed by atoms with Crippen LogP contribution in [0.15, 0.2) is 24.3 Å². The van der Waals surface area contributed by atoms with Gasteiger partial charge in [0.05, 0.1) is 25.4 Å². The van der Waals surface area contributed by atoms with E-state index >= 15 is 0 Å². The smallest absolute Gasteiger partial charge is 0.305 e. The predicted octanol–water partition coefficient (Wildman–Crippen LogP) is 24.9. The van der Waals surface area contributed by atoms with E-state index in [1.54, 1.807) is 0 Å². The zero-order valence-electron chi connectivity index (χ0n) is 56.5. The van der Waals surface area contributed by atoms with Crippen molar-refractivity contribution in [3.8, 4) is 0 Å². The fourth-order valence-electron chi connectivity index (χ4n) is 12.2. The molecule has 492 valence electrons. The van der Waals surface area contributed by atoms with Crippen molar-refractivity contribution in [1.29, 1.82) is 0 Å². The van der Waals surface area contributed by atoms with Crippen LogP contribution in [0.3, 0.4) is 0 Å². The summed E-state index contributed by atoms with van der Waals surface area (Å²) in [4.78, 5) is 24.6. The van der Waals surface area contributed by atoms with E-state index in [-0.39, 0.29) is 18.5 Å². The molecule has 2 unspecified atom stereocenters. The van der Waals surface area contributed by atoms with Gasteiger partial charge < -0.3 is 20.3 Å². The maximum Gasteiger partial charge on any atom is 0.305 e. The number of esters is 1. The summed E-state index contributed by atoms with van der Waals surface area (Å²) >= 11 is 0. The van der Waals surface area contributed by atoms with E-state index in [1.165, 1.54) is 353 Å². The summed E-state index contributed by atoms with van der Waals surface area (Å²) in [6, 6.07) is -0.538. The lowest BCUT2D eigenvalue weighted by molar-refractivity contribution is -0.143. The maximum absolute atomic E-state index is 12.5. The Bertz CT molecular complexity index is 1300. The summed E-state index contributed by atoms with van der Waals surface area (Å²) in [5.74, 6) is -0.0145. The van der Waals surface area contributed by atoms with Crippen LogP contribution in [0.1, 0.15) is 431 Å². The average Bonchev–Trinajstić information content (AvgIpc) is 3.49. The van der Waals surface area contributed by atoms with Crippen LogP contribution in [0, 0.1) is 0 Å². The van der Waals surface area contributed by atoms with Crippen LogP contribution in [0.25, 0.3) is 0 Å². The zero-order chi connectivity index (χ0) is 59.9. The number of hydrogen-bond acceptors (Lipinski definition) is 5. The van der Waals surface area contributed by atoms with Gasteiger partial charge in [0.1, 0.15) is 0 Å². The molecule has 0 fully saturated rings. The van der Waals surface area contributed by atoms with Gasteiger partial charge in [0.15, 0.2) is 0 Å². The fraction of sp³-hybridized carbons (Fsp3) is 0.922. The fourth-order valence-corrected chi connectivity index (χ4v) is 12.2. The second kappa shape index (κ2) is 72.8. The first-order chi connectivity index (χ1) is 41.0. The molecule has 6 heteroatoms. The molecule has 0 rings (SSSR count). The van der Waals surface area contributed by atoms with Gasteiger partial charge >= 0.3 is 5.97 Å². The lowest BCUT2D eigenvalue weighted by Crippen LogP contribution is -2.45. The summed E-state index contributed by atoms with van der Waals surface area (Å²) in [7, 11) is 0. The number of hydrogen-bond donors (Lipinski definition) is 3. The Morgan fingerprint density at radius 3 is 0.855 bits per heavy atom. The highest BCUT2D eigenvalue weighted by atomic mass is 16.5. The normalized spacial score (nSPS) is 12.6. The van der Waals surface area contributed by atoms with E-state index in [4.69, 9.17) is 4.74 Å². The quantitative estimate of drug-likeness (QED) is 0.0320. The third-order valence-corrected chi connectivity index (χ3v) is 18.0. The average molecular weight is 1170 g/mol. The second-order valence-corrected chi connectivity index (χ2v) is 26.3. The molecular formula is C77H149NO5. The first-order valence-electron chi connectivity index (χ1n) is 38.1. The largest absolute Gasteiger partial charge is 0.466 e. The minimum absolute atomic E-state index is 0.0136. The molecule has 6 nitrogen and oxygen atoms in total. The van der Waals surface area contributed by atoms with Crippen LogP contribution in [0.2, 0.25) is 0 Å². The number of ether oxygens (including phenoxy) is 1. The Kier molecular flexibility index (Phi) is 71.4. The molecule has 0 aliphatic heterocycles. The van der Waals surface area contributed by atoms with Crippen molar-refractivity contribution in [2.75, 3.05) is 13.2 Å². The Labute approximate surface area is 520 Å². The van der Waals surface area contributed by atoms with Crippen molar-refractivity contribution in [2.24, 2.45) is 0 Å². The monoisotopic (exact) mass is 1170 g/mol. The molecule has 1 amide bonds. The highest BCUT2D eigenvalue weighted by molar-refractivity contribution is 5.76. The van der Waals surface area contributed by atoms with E-state index in [2.05, 4.69) is 43.5 Å². The number of carbonyl (C=O) groups excluding carboxylic acids is 2. The van der Waals surface area contributed by atoms with Crippen molar-refractivity contribution < 1.29 is 24.5 Å². The first kappa shape index (κ1) is 81.3. The topological polar surface area (TPSA) is 95.9 Å². The van der Waals surface area contributed by atoms with Gasteiger partial charge in [0.25, 0.3) is 0 Å². The molecule has 2 atom stereocenters. The molecule has 0 radical (unpaired) electrons. The summed E-state index contributed by atoms with van der Waals surface area (Å²) < 4.78 is 5.50. The molecule has 0 spiro atoms. The minimum atomic E-state index is -0.661. The third kappa shape index (κ3) is 69.3. The van der Waals surface area contributed by atoms with Gasteiger partial charge in [-0.1, -0.05) is 366 Å². The molecule has 0 aliphatic rings. The van der Waals surface area contributed by atoms with Crippen molar-refractivity contribution in [2.45, 2.75) is 443 Å². The molecule has 0 aromatic carbocycles. The van der Waals surface area contributed by atoms with Crippen LogP contribution in [-0.2, 0) is 14.3 Å². The summed E-state index contributed by atoms with van der Waals surface area (Å²) in [5.41, 5.74) is 0. The molecule has 83 heavy (non-hydrogen) atoms. The number of carbonyl (C=O) groups is 2. The van der Waals surface area contributed by atoms with Gasteiger partial charge in [0, 0.05) is 12.8 Å². The number of nitrogens with one attached hydrogen (secondary N) is 1. The second-order valence-electron chi connectivity index (χ2n) is 26.3. The van der Waals surface area contributed by atoms with Crippen molar-refractivity contribution in [3.63, 3.8) is 0 Å². The summed E-state index contributed by atoms with van der Waals surface area (Å²) in [6.45, 7) is 4.99. The lowest BCUT2D eigenvalue weighted by atomic mass is 10.0. The SMILES string of the molecule is CCCCCCCCC/C=C\CCCCCCCC(=O)OCCCCCCCCCCCCCCCC/C=C\CCCCCCCCCCCCCCCCCCCC(=O)NC(CO)C(O)CCCCCCCCCCCCCCCCC.